The molecule has 30 heavy (non-hydrogen) atoms. The van der Waals surface area contributed by atoms with Crippen molar-refractivity contribution in [3.8, 4) is 16.9 Å². The highest BCUT2D eigenvalue weighted by molar-refractivity contribution is 5.64. The maximum atomic E-state index is 5.88. The van der Waals surface area contributed by atoms with Crippen LogP contribution in [0.3, 0.4) is 0 Å². The molecule has 1 fully saturated rings. The first-order chi connectivity index (χ1) is 14.7. The van der Waals surface area contributed by atoms with Crippen LogP contribution >= 0.6 is 0 Å². The highest BCUT2D eigenvalue weighted by Crippen LogP contribution is 2.39. The zero-order chi connectivity index (χ0) is 21.2. The molecule has 2 aromatic carbocycles. The molecule has 0 heterocycles. The van der Waals surface area contributed by atoms with Crippen molar-refractivity contribution >= 4 is 0 Å². The van der Waals surface area contributed by atoms with Gasteiger partial charge >= 0.3 is 0 Å². The molecular formula is C29H42O. The molecule has 0 N–H and O–H groups in total. The fraction of sp³-hybridized carbons (Fsp3) is 0.586. The second kappa shape index (κ2) is 12.2. The van der Waals surface area contributed by atoms with Gasteiger partial charge in [0.2, 0.25) is 0 Å². The van der Waals surface area contributed by atoms with E-state index < -0.39 is 0 Å². The van der Waals surface area contributed by atoms with Crippen LogP contribution in [0.15, 0.2) is 48.5 Å². The zero-order valence-corrected chi connectivity index (χ0v) is 19.5. The van der Waals surface area contributed by atoms with E-state index in [-0.39, 0.29) is 0 Å². The predicted molar refractivity (Wildman–Crippen MR) is 130 cm³/mol. The van der Waals surface area contributed by atoms with Crippen LogP contribution < -0.4 is 4.74 Å². The highest BCUT2D eigenvalue weighted by Gasteiger charge is 2.23. The van der Waals surface area contributed by atoms with Crippen LogP contribution in [0.4, 0.5) is 0 Å². The molecular weight excluding hydrogens is 364 g/mol. The molecule has 1 aliphatic rings. The van der Waals surface area contributed by atoms with Gasteiger partial charge in [-0.1, -0.05) is 82.9 Å². The molecule has 1 unspecified atom stereocenters. The van der Waals surface area contributed by atoms with E-state index in [1.54, 1.807) is 0 Å². The second-order valence-corrected chi connectivity index (χ2v) is 9.52. The minimum atomic E-state index is 0.760. The average molecular weight is 407 g/mol. The Morgan fingerprint density at radius 2 is 1.43 bits per heavy atom. The third-order valence-electron chi connectivity index (χ3n) is 7.12. The van der Waals surface area contributed by atoms with Crippen molar-refractivity contribution in [3.05, 3.63) is 54.1 Å². The lowest BCUT2D eigenvalue weighted by Gasteiger charge is -2.30. The second-order valence-electron chi connectivity index (χ2n) is 9.52. The molecule has 1 nitrogen and oxygen atoms in total. The van der Waals surface area contributed by atoms with E-state index in [0.717, 1.165) is 36.5 Å². The van der Waals surface area contributed by atoms with Crippen molar-refractivity contribution in [2.45, 2.75) is 90.9 Å². The molecule has 0 spiro atoms. The van der Waals surface area contributed by atoms with Crippen LogP contribution in [0.2, 0.25) is 0 Å². The van der Waals surface area contributed by atoms with Crippen molar-refractivity contribution in [2.75, 3.05) is 6.61 Å². The quantitative estimate of drug-likeness (QED) is 0.338. The van der Waals surface area contributed by atoms with Crippen molar-refractivity contribution in [1.82, 2.24) is 0 Å². The van der Waals surface area contributed by atoms with E-state index in [1.165, 1.54) is 74.5 Å². The Bertz CT molecular complexity index is 707. The van der Waals surface area contributed by atoms with E-state index in [2.05, 4.69) is 69.3 Å². The Morgan fingerprint density at radius 1 is 0.800 bits per heavy atom. The molecule has 3 rings (SSSR count). The third-order valence-corrected chi connectivity index (χ3v) is 7.12. The van der Waals surface area contributed by atoms with Crippen LogP contribution in [-0.2, 0) is 0 Å². The van der Waals surface area contributed by atoms with E-state index >= 15 is 0 Å². The normalized spacial score (nSPS) is 20.1. The highest BCUT2D eigenvalue weighted by atomic mass is 16.5. The molecule has 1 saturated carbocycles. The SMILES string of the molecule is CCCCCCOc1ccc(-c2ccc(C3CCC(CC(C)CC)CC3)cc2)cc1. The molecule has 0 bridgehead atoms. The first kappa shape index (κ1) is 22.9. The maximum absolute atomic E-state index is 5.88. The Morgan fingerprint density at radius 3 is 2.03 bits per heavy atom. The number of rotatable bonds is 11. The number of ether oxygens (including phenoxy) is 1. The Kier molecular flexibility index (Phi) is 9.30. The number of unbranched alkanes of at least 4 members (excludes halogenated alkanes) is 3. The minimum absolute atomic E-state index is 0.760. The van der Waals surface area contributed by atoms with Crippen molar-refractivity contribution < 1.29 is 4.74 Å². The maximum Gasteiger partial charge on any atom is 0.119 e. The molecule has 1 heteroatoms. The first-order valence-corrected chi connectivity index (χ1v) is 12.5. The summed E-state index contributed by atoms with van der Waals surface area (Å²) in [6.45, 7) is 7.81. The molecule has 0 aromatic heterocycles. The molecule has 0 radical (unpaired) electrons. The van der Waals surface area contributed by atoms with Crippen LogP contribution in [-0.4, -0.2) is 6.61 Å². The Labute approximate surface area is 185 Å². The van der Waals surface area contributed by atoms with E-state index in [9.17, 15) is 0 Å². The van der Waals surface area contributed by atoms with Gasteiger partial charge in [0.25, 0.3) is 0 Å². The smallest absolute Gasteiger partial charge is 0.119 e. The molecule has 1 atom stereocenters. The van der Waals surface area contributed by atoms with Gasteiger partial charge < -0.3 is 4.74 Å². The van der Waals surface area contributed by atoms with Crippen molar-refractivity contribution in [2.24, 2.45) is 11.8 Å². The molecule has 0 amide bonds. The van der Waals surface area contributed by atoms with Crippen molar-refractivity contribution in [3.63, 3.8) is 0 Å². The average Bonchev–Trinajstić information content (AvgIpc) is 2.80. The van der Waals surface area contributed by atoms with Gasteiger partial charge in [-0.2, -0.15) is 0 Å². The van der Waals surface area contributed by atoms with Gasteiger partial charge in [0.05, 0.1) is 6.61 Å². The fourth-order valence-electron chi connectivity index (χ4n) is 4.88. The van der Waals surface area contributed by atoms with Crippen LogP contribution in [0, 0.1) is 11.8 Å². The summed E-state index contributed by atoms with van der Waals surface area (Å²) in [5, 5.41) is 0. The summed E-state index contributed by atoms with van der Waals surface area (Å²) in [6.07, 6.45) is 13.3. The van der Waals surface area contributed by atoms with E-state index in [4.69, 9.17) is 4.74 Å². The summed E-state index contributed by atoms with van der Waals surface area (Å²) in [4.78, 5) is 0. The lowest BCUT2D eigenvalue weighted by molar-refractivity contribution is 0.273. The molecule has 164 valence electrons. The van der Waals surface area contributed by atoms with Gasteiger partial charge in [-0.25, -0.2) is 0 Å². The number of hydrogen-bond donors (Lipinski definition) is 0. The Hall–Kier alpha value is -1.76. The van der Waals surface area contributed by atoms with Gasteiger partial charge in [-0.05, 0) is 85.1 Å². The van der Waals surface area contributed by atoms with Gasteiger partial charge in [0.15, 0.2) is 0 Å². The van der Waals surface area contributed by atoms with Gasteiger partial charge in [-0.3, -0.25) is 0 Å². The number of hydrogen-bond acceptors (Lipinski definition) is 1. The summed E-state index contributed by atoms with van der Waals surface area (Å²) >= 11 is 0. The lowest BCUT2D eigenvalue weighted by atomic mass is 9.75. The van der Waals surface area contributed by atoms with Gasteiger partial charge in [0.1, 0.15) is 5.75 Å². The molecule has 2 aromatic rings. The zero-order valence-electron chi connectivity index (χ0n) is 19.5. The summed E-state index contributed by atoms with van der Waals surface area (Å²) in [5.74, 6) is 3.60. The number of benzene rings is 2. The standard InChI is InChI=1S/C29H42O/c1-4-6-7-8-21-30-29-19-17-28(18-20-29)27-15-13-26(14-16-27)25-11-9-24(10-12-25)22-23(3)5-2/h13-20,23-25H,4-12,21-22H2,1-3H3. The van der Waals surface area contributed by atoms with Crippen LogP contribution in [0.25, 0.3) is 11.1 Å². The largest absolute Gasteiger partial charge is 0.494 e. The Balaban J connectivity index is 1.48. The summed E-state index contributed by atoms with van der Waals surface area (Å²) in [7, 11) is 0. The molecule has 0 aliphatic heterocycles. The fourth-order valence-corrected chi connectivity index (χ4v) is 4.88. The van der Waals surface area contributed by atoms with Gasteiger partial charge in [-0.15, -0.1) is 0 Å². The van der Waals surface area contributed by atoms with E-state index in [1.807, 2.05) is 0 Å². The van der Waals surface area contributed by atoms with E-state index in [0.29, 0.717) is 0 Å². The first-order valence-electron chi connectivity index (χ1n) is 12.5. The topological polar surface area (TPSA) is 9.23 Å². The summed E-state index contributed by atoms with van der Waals surface area (Å²) in [6, 6.07) is 18.0. The summed E-state index contributed by atoms with van der Waals surface area (Å²) in [5.41, 5.74) is 4.11. The molecule has 1 aliphatic carbocycles. The van der Waals surface area contributed by atoms with Crippen LogP contribution in [0.5, 0.6) is 5.75 Å². The monoisotopic (exact) mass is 406 g/mol. The molecule has 0 saturated heterocycles. The van der Waals surface area contributed by atoms with Crippen LogP contribution in [0.1, 0.15) is 96.5 Å². The van der Waals surface area contributed by atoms with Crippen molar-refractivity contribution in [1.29, 1.82) is 0 Å². The third kappa shape index (κ3) is 6.89. The minimum Gasteiger partial charge on any atom is -0.494 e. The van der Waals surface area contributed by atoms with Gasteiger partial charge in [0, 0.05) is 0 Å². The summed E-state index contributed by atoms with van der Waals surface area (Å²) < 4.78 is 5.88. The predicted octanol–water partition coefficient (Wildman–Crippen LogP) is 9.02. The lowest BCUT2D eigenvalue weighted by Crippen LogP contribution is -2.15.